The number of nitrogens with two attached hydrogens (primary N) is 1. The molecule has 0 spiro atoms. The largest absolute Gasteiger partial charge is 0.338 e. The Hall–Kier alpha value is -1.10. The van der Waals surface area contributed by atoms with Gasteiger partial charge in [0.15, 0.2) is 0 Å². The summed E-state index contributed by atoms with van der Waals surface area (Å²) in [5.41, 5.74) is 6.70. The molecule has 0 aliphatic carbocycles. The Morgan fingerprint density at radius 1 is 1.27 bits per heavy atom. The van der Waals surface area contributed by atoms with Gasteiger partial charge in [-0.2, -0.15) is 0 Å². The van der Waals surface area contributed by atoms with Crippen LogP contribution in [-0.4, -0.2) is 29.9 Å². The topological polar surface area (TPSA) is 46.3 Å². The zero-order valence-electron chi connectivity index (χ0n) is 12.5. The van der Waals surface area contributed by atoms with Crippen LogP contribution in [0.25, 0.3) is 10.8 Å². The molecular weight excluding hydrogens is 364 g/mol. The molecular formula is C17H20BrClN2O. The van der Waals surface area contributed by atoms with E-state index in [1.807, 2.05) is 42.2 Å². The second-order valence-electron chi connectivity index (χ2n) is 5.87. The third-order valence-corrected chi connectivity index (χ3v) is 4.80. The van der Waals surface area contributed by atoms with Crippen LogP contribution in [0.4, 0.5) is 0 Å². The lowest BCUT2D eigenvalue weighted by Gasteiger charge is -2.18. The molecule has 0 aromatic heterocycles. The van der Waals surface area contributed by atoms with Crippen molar-refractivity contribution < 1.29 is 4.79 Å². The number of hydrogen-bond donors (Lipinski definition) is 1. The molecule has 1 fully saturated rings. The number of carbonyl (C=O) groups is 1. The second kappa shape index (κ2) is 6.99. The Balaban J connectivity index is 0.00000176. The van der Waals surface area contributed by atoms with Crippen LogP contribution in [0.2, 0.25) is 0 Å². The summed E-state index contributed by atoms with van der Waals surface area (Å²) in [7, 11) is 0. The van der Waals surface area contributed by atoms with Crippen molar-refractivity contribution in [2.75, 3.05) is 13.1 Å². The number of benzene rings is 2. The first-order chi connectivity index (χ1) is 10.0. The highest BCUT2D eigenvalue weighted by Crippen LogP contribution is 2.24. The van der Waals surface area contributed by atoms with Crippen molar-refractivity contribution in [3.63, 3.8) is 0 Å². The molecule has 1 aliphatic rings. The fourth-order valence-corrected chi connectivity index (χ4v) is 3.31. The molecule has 1 amide bonds. The van der Waals surface area contributed by atoms with Gasteiger partial charge in [-0.3, -0.25) is 4.79 Å². The van der Waals surface area contributed by atoms with Crippen LogP contribution in [0.1, 0.15) is 23.7 Å². The predicted molar refractivity (Wildman–Crippen MR) is 96.6 cm³/mol. The maximum Gasteiger partial charge on any atom is 0.253 e. The van der Waals surface area contributed by atoms with Crippen LogP contribution in [0.15, 0.2) is 40.9 Å². The molecule has 2 unspecified atom stereocenters. The molecule has 22 heavy (non-hydrogen) atoms. The van der Waals surface area contributed by atoms with Crippen molar-refractivity contribution in [3.05, 3.63) is 46.4 Å². The molecule has 0 saturated carbocycles. The monoisotopic (exact) mass is 382 g/mol. The number of hydrogen-bond acceptors (Lipinski definition) is 2. The minimum atomic E-state index is 0. The highest BCUT2D eigenvalue weighted by molar-refractivity contribution is 9.10. The molecule has 0 bridgehead atoms. The second-order valence-corrected chi connectivity index (χ2v) is 6.78. The van der Waals surface area contributed by atoms with Crippen LogP contribution in [0.3, 0.4) is 0 Å². The van der Waals surface area contributed by atoms with Gasteiger partial charge in [-0.15, -0.1) is 12.4 Å². The normalized spacial score (nSPS) is 19.0. The highest BCUT2D eigenvalue weighted by atomic mass is 79.9. The fourth-order valence-electron chi connectivity index (χ4n) is 2.93. The van der Waals surface area contributed by atoms with E-state index in [0.717, 1.165) is 40.3 Å². The van der Waals surface area contributed by atoms with Crippen molar-refractivity contribution in [1.82, 2.24) is 4.90 Å². The van der Waals surface area contributed by atoms with E-state index in [2.05, 4.69) is 22.0 Å². The predicted octanol–water partition coefficient (Wildman–Crippen LogP) is 3.83. The van der Waals surface area contributed by atoms with Gasteiger partial charge in [0.05, 0.1) is 0 Å². The molecule has 2 atom stereocenters. The summed E-state index contributed by atoms with van der Waals surface area (Å²) < 4.78 is 1.05. The number of carbonyl (C=O) groups excluding carboxylic acids is 1. The summed E-state index contributed by atoms with van der Waals surface area (Å²) in [6.07, 6.45) is 1.00. The lowest BCUT2D eigenvalue weighted by Crippen LogP contribution is -2.32. The van der Waals surface area contributed by atoms with E-state index >= 15 is 0 Å². The molecule has 2 aromatic carbocycles. The van der Waals surface area contributed by atoms with E-state index in [0.29, 0.717) is 5.92 Å². The summed E-state index contributed by atoms with van der Waals surface area (Å²) in [4.78, 5) is 14.5. The van der Waals surface area contributed by atoms with Gasteiger partial charge in [0.1, 0.15) is 0 Å². The van der Waals surface area contributed by atoms with Gasteiger partial charge >= 0.3 is 0 Å². The standard InChI is InChI=1S/C17H19BrN2O.ClH/c1-11(19)15-6-7-20(10-15)17(21)14-3-2-13-9-16(18)5-4-12(13)8-14;/h2-5,8-9,11,15H,6-7,10,19H2,1H3;1H. The van der Waals surface area contributed by atoms with Gasteiger partial charge in [0, 0.05) is 29.2 Å². The Morgan fingerprint density at radius 3 is 2.64 bits per heavy atom. The van der Waals surface area contributed by atoms with E-state index in [1.54, 1.807) is 0 Å². The third-order valence-electron chi connectivity index (χ3n) is 4.30. The lowest BCUT2D eigenvalue weighted by atomic mass is 10.0. The average molecular weight is 384 g/mol. The van der Waals surface area contributed by atoms with Crippen LogP contribution in [0, 0.1) is 5.92 Å². The number of fused-ring (bicyclic) bond motifs is 1. The van der Waals surface area contributed by atoms with Crippen molar-refractivity contribution in [1.29, 1.82) is 0 Å². The smallest absolute Gasteiger partial charge is 0.253 e. The van der Waals surface area contributed by atoms with E-state index in [4.69, 9.17) is 5.73 Å². The number of halogens is 2. The fraction of sp³-hybridized carbons (Fsp3) is 0.353. The van der Waals surface area contributed by atoms with E-state index in [-0.39, 0.29) is 24.4 Å². The molecule has 3 nitrogen and oxygen atoms in total. The molecule has 118 valence electrons. The molecule has 1 heterocycles. The summed E-state index contributed by atoms with van der Waals surface area (Å²) in [6.45, 7) is 3.60. The average Bonchev–Trinajstić information content (AvgIpc) is 2.96. The van der Waals surface area contributed by atoms with Crippen LogP contribution < -0.4 is 5.73 Å². The van der Waals surface area contributed by atoms with Gasteiger partial charge in [-0.25, -0.2) is 0 Å². The van der Waals surface area contributed by atoms with Crippen LogP contribution >= 0.6 is 28.3 Å². The van der Waals surface area contributed by atoms with Gasteiger partial charge in [-0.1, -0.05) is 28.1 Å². The van der Waals surface area contributed by atoms with Gasteiger partial charge < -0.3 is 10.6 Å². The van der Waals surface area contributed by atoms with E-state index < -0.39 is 0 Å². The number of amides is 1. The first kappa shape index (κ1) is 17.3. The SMILES string of the molecule is CC(N)C1CCN(C(=O)c2ccc3cc(Br)ccc3c2)C1.Cl. The van der Waals surface area contributed by atoms with Gasteiger partial charge in [-0.05, 0) is 54.3 Å². The van der Waals surface area contributed by atoms with Crippen LogP contribution in [0.5, 0.6) is 0 Å². The molecule has 1 saturated heterocycles. The van der Waals surface area contributed by atoms with Crippen molar-refractivity contribution in [2.45, 2.75) is 19.4 Å². The maximum atomic E-state index is 12.6. The Labute approximate surface area is 145 Å². The number of likely N-dealkylation sites (tertiary alicyclic amines) is 1. The summed E-state index contributed by atoms with van der Waals surface area (Å²) in [5.74, 6) is 0.535. The summed E-state index contributed by atoms with van der Waals surface area (Å²) in [5, 5.41) is 2.22. The first-order valence-corrected chi connectivity index (χ1v) is 8.08. The third kappa shape index (κ3) is 3.45. The summed E-state index contributed by atoms with van der Waals surface area (Å²) >= 11 is 3.47. The minimum absolute atomic E-state index is 0. The van der Waals surface area contributed by atoms with Gasteiger partial charge in [0.25, 0.3) is 5.91 Å². The quantitative estimate of drug-likeness (QED) is 0.856. The lowest BCUT2D eigenvalue weighted by molar-refractivity contribution is 0.0786. The summed E-state index contributed by atoms with van der Waals surface area (Å²) in [6, 6.07) is 12.1. The zero-order valence-corrected chi connectivity index (χ0v) is 14.9. The Bertz CT molecular complexity index is 689. The Morgan fingerprint density at radius 2 is 1.95 bits per heavy atom. The van der Waals surface area contributed by atoms with Crippen LogP contribution in [-0.2, 0) is 0 Å². The van der Waals surface area contributed by atoms with Crippen molar-refractivity contribution in [2.24, 2.45) is 11.7 Å². The van der Waals surface area contributed by atoms with Gasteiger partial charge in [0.2, 0.25) is 0 Å². The van der Waals surface area contributed by atoms with E-state index in [1.165, 1.54) is 0 Å². The van der Waals surface area contributed by atoms with Crippen molar-refractivity contribution >= 4 is 45.0 Å². The maximum absolute atomic E-state index is 12.6. The number of nitrogens with zero attached hydrogens (tertiary/aromatic N) is 1. The first-order valence-electron chi connectivity index (χ1n) is 7.29. The molecule has 3 rings (SSSR count). The highest BCUT2D eigenvalue weighted by Gasteiger charge is 2.28. The molecule has 2 N–H and O–H groups in total. The molecule has 5 heteroatoms. The zero-order chi connectivity index (χ0) is 15.0. The minimum Gasteiger partial charge on any atom is -0.338 e. The van der Waals surface area contributed by atoms with Crippen molar-refractivity contribution in [3.8, 4) is 0 Å². The Kier molecular flexibility index (Phi) is 5.48. The molecule has 2 aromatic rings. The molecule has 0 radical (unpaired) electrons. The molecule has 1 aliphatic heterocycles. The van der Waals surface area contributed by atoms with E-state index in [9.17, 15) is 4.79 Å². The number of rotatable bonds is 2.